The number of carbonyl (C=O) groups excluding carboxylic acids is 2. The van der Waals surface area contributed by atoms with Crippen LogP contribution >= 0.6 is 22.9 Å². The van der Waals surface area contributed by atoms with Crippen molar-refractivity contribution in [2.75, 3.05) is 7.11 Å². The zero-order valence-electron chi connectivity index (χ0n) is 22.2. The molecule has 9 heteroatoms. The van der Waals surface area contributed by atoms with E-state index in [2.05, 4.69) is 10.5 Å². The molecule has 0 aliphatic rings. The molecule has 1 N–H and O–H groups in total. The largest absolute Gasteiger partial charge is 0.493 e. The van der Waals surface area contributed by atoms with E-state index >= 15 is 0 Å². The van der Waals surface area contributed by atoms with Gasteiger partial charge in [-0.1, -0.05) is 72.3 Å². The molecule has 1 atom stereocenters. The Morgan fingerprint density at radius 2 is 1.61 bits per heavy atom. The van der Waals surface area contributed by atoms with Gasteiger partial charge in [0.25, 0.3) is 5.91 Å². The zero-order chi connectivity index (χ0) is 28.8. The van der Waals surface area contributed by atoms with Crippen molar-refractivity contribution >= 4 is 51.1 Å². The fraction of sp³-hybridized carbons (Fsp3) is 0.0938. The number of hydrogen-bond donors (Lipinski definition) is 1. The number of rotatable bonds is 9. The van der Waals surface area contributed by atoms with Crippen molar-refractivity contribution in [3.05, 3.63) is 113 Å². The van der Waals surface area contributed by atoms with Gasteiger partial charge >= 0.3 is 5.97 Å². The van der Waals surface area contributed by atoms with Crippen LogP contribution in [-0.4, -0.2) is 31.3 Å². The number of ether oxygens (including phenoxy) is 3. The zero-order valence-corrected chi connectivity index (χ0v) is 23.7. The second-order valence-corrected chi connectivity index (χ2v) is 10.4. The third kappa shape index (κ3) is 6.57. The van der Waals surface area contributed by atoms with Crippen molar-refractivity contribution in [3.63, 3.8) is 0 Å². The van der Waals surface area contributed by atoms with E-state index in [0.717, 1.165) is 21.2 Å². The number of fused-ring (bicyclic) bond motifs is 1. The monoisotopic (exact) mass is 584 g/mol. The van der Waals surface area contributed by atoms with Gasteiger partial charge in [-0.05, 0) is 60.0 Å². The first-order valence-electron chi connectivity index (χ1n) is 12.6. The molecule has 206 valence electrons. The van der Waals surface area contributed by atoms with E-state index in [-0.39, 0.29) is 5.75 Å². The maximum absolute atomic E-state index is 12.8. The van der Waals surface area contributed by atoms with Gasteiger partial charge in [-0.2, -0.15) is 5.10 Å². The molecule has 0 unspecified atom stereocenters. The SMILES string of the molecule is COc1cc(/C=N\NC(=O)[C@H](C)Oc2ccc(-c3ccccc3)cc2)ccc1OC(=O)c1sc2ccccc2c1Cl. The lowest BCUT2D eigenvalue weighted by Crippen LogP contribution is -2.33. The molecule has 0 fully saturated rings. The van der Waals surface area contributed by atoms with Gasteiger partial charge in [0.05, 0.1) is 18.3 Å². The van der Waals surface area contributed by atoms with E-state index in [1.54, 1.807) is 25.1 Å². The maximum atomic E-state index is 12.8. The molecule has 5 rings (SSSR count). The minimum Gasteiger partial charge on any atom is -0.493 e. The topological polar surface area (TPSA) is 86.2 Å². The van der Waals surface area contributed by atoms with Crippen LogP contribution in [0.3, 0.4) is 0 Å². The fourth-order valence-electron chi connectivity index (χ4n) is 4.02. The minimum absolute atomic E-state index is 0.229. The number of esters is 1. The number of methoxy groups -OCH3 is 1. The Morgan fingerprint density at radius 3 is 2.34 bits per heavy atom. The summed E-state index contributed by atoms with van der Waals surface area (Å²) in [5.41, 5.74) is 5.25. The summed E-state index contributed by atoms with van der Waals surface area (Å²) in [7, 11) is 1.47. The lowest BCUT2D eigenvalue weighted by Gasteiger charge is -2.13. The van der Waals surface area contributed by atoms with Gasteiger partial charge in [-0.25, -0.2) is 10.2 Å². The summed E-state index contributed by atoms with van der Waals surface area (Å²) in [6, 6.07) is 29.9. The molecule has 41 heavy (non-hydrogen) atoms. The number of halogens is 1. The Bertz CT molecular complexity index is 1720. The highest BCUT2D eigenvalue weighted by atomic mass is 35.5. The van der Waals surface area contributed by atoms with Crippen molar-refractivity contribution in [1.29, 1.82) is 0 Å². The molecule has 0 aliphatic heterocycles. The minimum atomic E-state index is -0.772. The number of nitrogens with zero attached hydrogens (tertiary/aromatic N) is 1. The third-order valence-corrected chi connectivity index (χ3v) is 7.80. The summed E-state index contributed by atoms with van der Waals surface area (Å²) in [4.78, 5) is 25.7. The van der Waals surface area contributed by atoms with Crippen molar-refractivity contribution in [2.45, 2.75) is 13.0 Å². The van der Waals surface area contributed by atoms with Crippen LogP contribution in [0.5, 0.6) is 17.2 Å². The smallest absolute Gasteiger partial charge is 0.355 e. The Kier molecular flexibility index (Phi) is 8.62. The van der Waals surface area contributed by atoms with Crippen molar-refractivity contribution in [2.24, 2.45) is 5.10 Å². The summed E-state index contributed by atoms with van der Waals surface area (Å²) in [5, 5.41) is 5.18. The highest BCUT2D eigenvalue weighted by Crippen LogP contribution is 2.37. The molecule has 4 aromatic carbocycles. The first kappa shape index (κ1) is 27.9. The molecular weight excluding hydrogens is 560 g/mol. The molecule has 0 bridgehead atoms. The van der Waals surface area contributed by atoms with Crippen LogP contribution in [0.4, 0.5) is 0 Å². The number of thiophene rings is 1. The predicted octanol–water partition coefficient (Wildman–Crippen LogP) is 7.37. The van der Waals surface area contributed by atoms with E-state index in [1.807, 2.05) is 78.9 Å². The highest BCUT2D eigenvalue weighted by Gasteiger charge is 2.20. The fourth-order valence-corrected chi connectivity index (χ4v) is 5.40. The van der Waals surface area contributed by atoms with E-state index in [9.17, 15) is 9.59 Å². The van der Waals surface area contributed by atoms with Crippen LogP contribution in [-0.2, 0) is 4.79 Å². The molecule has 0 radical (unpaired) electrons. The lowest BCUT2D eigenvalue weighted by molar-refractivity contribution is -0.127. The number of amides is 1. The normalized spacial score (nSPS) is 11.8. The Balaban J connectivity index is 1.18. The van der Waals surface area contributed by atoms with E-state index in [1.165, 1.54) is 24.7 Å². The molecule has 1 aromatic heterocycles. The van der Waals surface area contributed by atoms with E-state index < -0.39 is 18.0 Å². The molecule has 5 aromatic rings. The molecule has 1 amide bonds. The summed E-state index contributed by atoms with van der Waals surface area (Å²) < 4.78 is 17.6. The Morgan fingerprint density at radius 1 is 0.902 bits per heavy atom. The lowest BCUT2D eigenvalue weighted by atomic mass is 10.1. The third-order valence-electron chi connectivity index (χ3n) is 6.14. The van der Waals surface area contributed by atoms with E-state index in [4.69, 9.17) is 25.8 Å². The van der Waals surface area contributed by atoms with Crippen LogP contribution in [0.2, 0.25) is 5.02 Å². The van der Waals surface area contributed by atoms with Crippen LogP contribution in [0.1, 0.15) is 22.2 Å². The van der Waals surface area contributed by atoms with Crippen LogP contribution in [0.15, 0.2) is 102 Å². The molecular formula is C32H25ClN2O5S. The number of hydrazone groups is 1. The Hall–Kier alpha value is -4.66. The molecule has 0 saturated heterocycles. The van der Waals surface area contributed by atoms with Gasteiger partial charge in [-0.3, -0.25) is 4.79 Å². The summed E-state index contributed by atoms with van der Waals surface area (Å²) in [6.07, 6.45) is 0.683. The highest BCUT2D eigenvalue weighted by molar-refractivity contribution is 7.21. The van der Waals surface area contributed by atoms with E-state index in [0.29, 0.717) is 27.0 Å². The summed E-state index contributed by atoms with van der Waals surface area (Å²) in [5.74, 6) is 0.134. The average Bonchev–Trinajstić information content (AvgIpc) is 3.35. The second kappa shape index (κ2) is 12.7. The number of benzene rings is 4. The molecule has 1 heterocycles. The number of nitrogens with one attached hydrogen (secondary N) is 1. The second-order valence-electron chi connectivity index (χ2n) is 8.93. The number of carbonyl (C=O) groups is 2. The number of hydrogen-bond acceptors (Lipinski definition) is 7. The first-order chi connectivity index (χ1) is 19.9. The summed E-state index contributed by atoms with van der Waals surface area (Å²) >= 11 is 7.68. The van der Waals surface area contributed by atoms with Crippen molar-refractivity contribution in [3.8, 4) is 28.4 Å². The maximum Gasteiger partial charge on any atom is 0.355 e. The van der Waals surface area contributed by atoms with Crippen molar-refractivity contribution in [1.82, 2.24) is 5.43 Å². The molecule has 0 aliphatic carbocycles. The van der Waals surface area contributed by atoms with Gasteiger partial charge in [0, 0.05) is 10.1 Å². The quantitative estimate of drug-likeness (QED) is 0.0846. The van der Waals surface area contributed by atoms with Crippen LogP contribution in [0.25, 0.3) is 21.2 Å². The molecule has 0 spiro atoms. The summed E-state index contributed by atoms with van der Waals surface area (Å²) in [6.45, 7) is 1.64. The van der Waals surface area contributed by atoms with Gasteiger partial charge in [0.15, 0.2) is 17.6 Å². The van der Waals surface area contributed by atoms with Gasteiger partial charge in [-0.15, -0.1) is 11.3 Å². The average molecular weight is 585 g/mol. The van der Waals surface area contributed by atoms with Crippen LogP contribution < -0.4 is 19.6 Å². The van der Waals surface area contributed by atoms with Gasteiger partial charge in [0.2, 0.25) is 0 Å². The van der Waals surface area contributed by atoms with Crippen LogP contribution in [0, 0.1) is 0 Å². The van der Waals surface area contributed by atoms with Gasteiger partial charge in [0.1, 0.15) is 10.6 Å². The Labute approximate surface area is 245 Å². The first-order valence-corrected chi connectivity index (χ1v) is 13.8. The predicted molar refractivity (Wildman–Crippen MR) is 162 cm³/mol. The van der Waals surface area contributed by atoms with Crippen molar-refractivity contribution < 1.29 is 23.8 Å². The van der Waals surface area contributed by atoms with Gasteiger partial charge < -0.3 is 14.2 Å². The molecule has 7 nitrogen and oxygen atoms in total. The molecule has 0 saturated carbocycles. The standard InChI is InChI=1S/C32H25ClN2O5S/c1-20(39-24-15-13-23(14-16-24)22-8-4-3-5-9-22)31(36)35-34-19-21-12-17-26(27(18-21)38-2)40-32(37)30-29(33)25-10-6-7-11-28(25)41-30/h3-20H,1-2H3,(H,35,36)/b34-19-/t20-/m0/s1.